The fraction of sp³-hybridized carbons (Fsp3) is 0.864. The molecule has 0 aromatic carbocycles. The molecule has 158 valence electrons. The maximum absolute atomic E-state index is 11.6. The van der Waals surface area contributed by atoms with Gasteiger partial charge in [0.05, 0.1) is 19.8 Å². The fourth-order valence-corrected chi connectivity index (χ4v) is 2.89. The summed E-state index contributed by atoms with van der Waals surface area (Å²) in [5, 5.41) is 17.8. The van der Waals surface area contributed by atoms with Crippen molar-refractivity contribution in [2.75, 3.05) is 39.5 Å². The molecular formula is C22H41NO4. The molecule has 0 bridgehead atoms. The largest absolute Gasteiger partial charge is 0.452 e. The van der Waals surface area contributed by atoms with Crippen molar-refractivity contribution in [3.63, 3.8) is 0 Å². The number of aliphatic hydroxyl groups excluding tert-OH is 2. The van der Waals surface area contributed by atoms with Crippen molar-refractivity contribution in [3.05, 3.63) is 0 Å². The summed E-state index contributed by atoms with van der Waals surface area (Å²) < 4.78 is 5.11. The lowest BCUT2D eigenvalue weighted by molar-refractivity contribution is -0.142. The summed E-state index contributed by atoms with van der Waals surface area (Å²) in [5.41, 5.74) is 0. The molecule has 0 aliphatic carbocycles. The van der Waals surface area contributed by atoms with Gasteiger partial charge in [-0.05, 0) is 6.42 Å². The van der Waals surface area contributed by atoms with Crippen LogP contribution in [-0.2, 0) is 9.53 Å². The molecule has 2 N–H and O–H groups in total. The molecule has 5 nitrogen and oxygen atoms in total. The Hall–Kier alpha value is -1.09. The average Bonchev–Trinajstić information content (AvgIpc) is 2.66. The summed E-state index contributed by atoms with van der Waals surface area (Å²) in [7, 11) is 0. The molecule has 5 heteroatoms. The van der Waals surface area contributed by atoms with Gasteiger partial charge >= 0.3 is 5.97 Å². The second-order valence-corrected chi connectivity index (χ2v) is 7.02. The molecule has 0 aromatic heterocycles. The highest BCUT2D eigenvalue weighted by Gasteiger charge is 2.02. The molecule has 0 aromatic rings. The van der Waals surface area contributed by atoms with E-state index >= 15 is 0 Å². The van der Waals surface area contributed by atoms with Crippen LogP contribution in [0.2, 0.25) is 0 Å². The van der Waals surface area contributed by atoms with Crippen LogP contribution >= 0.6 is 0 Å². The van der Waals surface area contributed by atoms with Gasteiger partial charge < -0.3 is 14.9 Å². The Balaban J connectivity index is 3.46. The van der Waals surface area contributed by atoms with Crippen LogP contribution in [0.1, 0.15) is 84.0 Å². The van der Waals surface area contributed by atoms with E-state index in [1.54, 1.807) is 0 Å². The van der Waals surface area contributed by atoms with Crippen LogP contribution in [0.15, 0.2) is 0 Å². The second-order valence-electron chi connectivity index (χ2n) is 7.02. The molecule has 0 aliphatic rings. The van der Waals surface area contributed by atoms with E-state index in [0.717, 1.165) is 12.8 Å². The number of carbonyl (C=O) groups is 1. The molecule has 0 spiro atoms. The van der Waals surface area contributed by atoms with Crippen LogP contribution in [0.4, 0.5) is 0 Å². The van der Waals surface area contributed by atoms with Crippen LogP contribution in [0.25, 0.3) is 0 Å². The summed E-state index contributed by atoms with van der Waals surface area (Å²) in [4.78, 5) is 13.5. The van der Waals surface area contributed by atoms with Crippen LogP contribution in [-0.4, -0.2) is 60.5 Å². The van der Waals surface area contributed by atoms with Crippen LogP contribution in [0.5, 0.6) is 0 Å². The van der Waals surface area contributed by atoms with E-state index < -0.39 is 0 Å². The van der Waals surface area contributed by atoms with Crippen molar-refractivity contribution in [1.29, 1.82) is 0 Å². The van der Waals surface area contributed by atoms with Crippen molar-refractivity contribution in [1.82, 2.24) is 4.90 Å². The molecule has 0 atom stereocenters. The Kier molecular flexibility index (Phi) is 20.4. The molecule has 0 aliphatic heterocycles. The highest BCUT2D eigenvalue weighted by Crippen LogP contribution is 2.12. The van der Waals surface area contributed by atoms with E-state index in [0.29, 0.717) is 26.1 Å². The molecule has 27 heavy (non-hydrogen) atoms. The van der Waals surface area contributed by atoms with E-state index in [2.05, 4.69) is 18.8 Å². The maximum atomic E-state index is 11.6. The van der Waals surface area contributed by atoms with Crippen molar-refractivity contribution in [2.24, 2.45) is 0 Å². The average molecular weight is 384 g/mol. The number of hydrogen-bond acceptors (Lipinski definition) is 5. The van der Waals surface area contributed by atoms with Gasteiger partial charge in [0.2, 0.25) is 0 Å². The van der Waals surface area contributed by atoms with E-state index in [4.69, 9.17) is 14.9 Å². The topological polar surface area (TPSA) is 70.0 Å². The van der Waals surface area contributed by atoms with E-state index in [1.165, 1.54) is 57.8 Å². The Labute approximate surface area is 166 Å². The molecule has 0 unspecified atom stereocenters. The lowest BCUT2D eigenvalue weighted by Crippen LogP contribution is -2.30. The van der Waals surface area contributed by atoms with Gasteiger partial charge in [-0.25, -0.2) is 0 Å². The number of unbranched alkanes of at least 4 members (excludes halogenated alkanes) is 10. The summed E-state index contributed by atoms with van der Waals surface area (Å²) in [5.74, 6) is 5.53. The summed E-state index contributed by atoms with van der Waals surface area (Å²) in [6.45, 7) is 3.85. The minimum absolute atomic E-state index is 0.0373. The lowest BCUT2D eigenvalue weighted by Gasteiger charge is -2.16. The molecule has 0 heterocycles. The number of nitrogens with zero attached hydrogens (tertiary/aromatic N) is 1. The monoisotopic (exact) mass is 383 g/mol. The zero-order chi connectivity index (χ0) is 20.0. The number of esters is 1. The Bertz CT molecular complexity index is 384. The first-order valence-electron chi connectivity index (χ1n) is 10.8. The van der Waals surface area contributed by atoms with Gasteiger partial charge in [0.1, 0.15) is 0 Å². The highest BCUT2D eigenvalue weighted by molar-refractivity contribution is 5.69. The normalized spacial score (nSPS) is 10.7. The van der Waals surface area contributed by atoms with Gasteiger partial charge in [-0.1, -0.05) is 83.0 Å². The zero-order valence-electron chi connectivity index (χ0n) is 17.4. The van der Waals surface area contributed by atoms with Crippen LogP contribution in [0, 0.1) is 11.8 Å². The summed E-state index contributed by atoms with van der Waals surface area (Å²) in [6, 6.07) is 0. The summed E-state index contributed by atoms with van der Waals surface area (Å²) >= 11 is 0. The zero-order valence-corrected chi connectivity index (χ0v) is 17.4. The smallest absolute Gasteiger partial charge is 0.306 e. The Morgan fingerprint density at radius 2 is 1.33 bits per heavy atom. The number of carbonyl (C=O) groups excluding carboxylic acids is 1. The first-order chi connectivity index (χ1) is 13.2. The van der Waals surface area contributed by atoms with Crippen LogP contribution < -0.4 is 0 Å². The maximum Gasteiger partial charge on any atom is 0.306 e. The minimum atomic E-state index is -0.178. The number of hydrogen-bond donors (Lipinski definition) is 2. The predicted molar refractivity (Wildman–Crippen MR) is 110 cm³/mol. The SMILES string of the molecule is CCCCCCCCCCCCCC(=O)OCC#CCN(CCO)CCO. The third-order valence-electron chi connectivity index (χ3n) is 4.55. The quantitative estimate of drug-likeness (QED) is 0.215. The first kappa shape index (κ1) is 25.9. The highest BCUT2D eigenvalue weighted by atomic mass is 16.5. The third kappa shape index (κ3) is 19.5. The van der Waals surface area contributed by atoms with E-state index in [-0.39, 0.29) is 25.8 Å². The standard InChI is InChI=1S/C22H41NO4/c1-2-3-4-5-6-7-8-9-10-11-12-15-22(26)27-21-14-13-16-23(17-19-24)18-20-25/h24-25H,2-12,15-21H2,1H3. The molecule has 0 fully saturated rings. The van der Waals surface area contributed by atoms with Gasteiger partial charge in [-0.3, -0.25) is 9.69 Å². The minimum Gasteiger partial charge on any atom is -0.452 e. The molecule has 0 saturated carbocycles. The van der Waals surface area contributed by atoms with Crippen molar-refractivity contribution >= 4 is 5.97 Å². The number of aliphatic hydroxyl groups is 2. The van der Waals surface area contributed by atoms with Crippen molar-refractivity contribution < 1.29 is 19.7 Å². The van der Waals surface area contributed by atoms with Gasteiger partial charge in [0.25, 0.3) is 0 Å². The van der Waals surface area contributed by atoms with Gasteiger partial charge in [-0.15, -0.1) is 0 Å². The molecular weight excluding hydrogens is 342 g/mol. The summed E-state index contributed by atoms with van der Waals surface area (Å²) in [6.07, 6.45) is 14.4. The van der Waals surface area contributed by atoms with E-state index in [9.17, 15) is 4.79 Å². The Morgan fingerprint density at radius 3 is 1.85 bits per heavy atom. The second kappa shape index (κ2) is 21.2. The van der Waals surface area contributed by atoms with Gasteiger partial charge in [-0.2, -0.15) is 0 Å². The van der Waals surface area contributed by atoms with Crippen LogP contribution in [0.3, 0.4) is 0 Å². The van der Waals surface area contributed by atoms with Crippen molar-refractivity contribution in [2.45, 2.75) is 84.0 Å². The first-order valence-corrected chi connectivity index (χ1v) is 10.8. The lowest BCUT2D eigenvalue weighted by atomic mass is 10.1. The Morgan fingerprint density at radius 1 is 0.815 bits per heavy atom. The molecule has 0 amide bonds. The van der Waals surface area contributed by atoms with Gasteiger partial charge in [0, 0.05) is 19.5 Å². The number of ether oxygens (including phenoxy) is 1. The predicted octanol–water partition coefficient (Wildman–Crippen LogP) is 3.52. The number of rotatable bonds is 18. The van der Waals surface area contributed by atoms with Crippen molar-refractivity contribution in [3.8, 4) is 11.8 Å². The fourth-order valence-electron chi connectivity index (χ4n) is 2.89. The molecule has 0 rings (SSSR count). The van der Waals surface area contributed by atoms with E-state index in [1.807, 2.05) is 4.90 Å². The van der Waals surface area contributed by atoms with Gasteiger partial charge in [0.15, 0.2) is 6.61 Å². The molecule has 0 radical (unpaired) electrons. The third-order valence-corrected chi connectivity index (χ3v) is 4.55. The molecule has 0 saturated heterocycles.